The third kappa shape index (κ3) is 3.29. The Labute approximate surface area is 120 Å². The van der Waals surface area contributed by atoms with Gasteiger partial charge in [-0.05, 0) is 19.9 Å². The molecule has 2 heterocycles. The van der Waals surface area contributed by atoms with Crippen LogP contribution in [0.5, 0.6) is 5.75 Å². The van der Waals surface area contributed by atoms with Crippen molar-refractivity contribution in [1.82, 2.24) is 4.90 Å². The summed E-state index contributed by atoms with van der Waals surface area (Å²) in [6.45, 7) is 5.57. The van der Waals surface area contributed by atoms with E-state index >= 15 is 0 Å². The van der Waals surface area contributed by atoms with E-state index in [-0.39, 0.29) is 16.5 Å². The van der Waals surface area contributed by atoms with Gasteiger partial charge >= 0.3 is 5.97 Å². The number of rotatable bonds is 4. The SMILES string of the molecule is Cc1cc(OC(C)C(=O)N2CCOCC2)c(C(=O)O)s1. The van der Waals surface area contributed by atoms with Gasteiger partial charge in [0, 0.05) is 18.0 Å². The van der Waals surface area contributed by atoms with Gasteiger partial charge in [-0.15, -0.1) is 11.3 Å². The second-order valence-corrected chi connectivity index (χ2v) is 5.81. The molecule has 1 amide bonds. The maximum atomic E-state index is 12.2. The molecule has 1 fully saturated rings. The van der Waals surface area contributed by atoms with Crippen molar-refractivity contribution >= 4 is 23.2 Å². The monoisotopic (exact) mass is 299 g/mol. The fourth-order valence-electron chi connectivity index (χ4n) is 2.01. The van der Waals surface area contributed by atoms with Crippen LogP contribution in [0, 0.1) is 6.92 Å². The Hall–Kier alpha value is -1.60. The molecule has 1 aromatic heterocycles. The molecule has 110 valence electrons. The summed E-state index contributed by atoms with van der Waals surface area (Å²) in [7, 11) is 0. The second kappa shape index (κ2) is 6.23. The standard InChI is InChI=1S/C13H17NO5S/c1-8-7-10(11(20-8)13(16)17)19-9(2)12(15)14-3-5-18-6-4-14/h7,9H,3-6H2,1-2H3,(H,16,17). The molecule has 0 bridgehead atoms. The van der Waals surface area contributed by atoms with Gasteiger partial charge in [-0.1, -0.05) is 0 Å². The Kier molecular flexibility index (Phi) is 4.61. The van der Waals surface area contributed by atoms with Gasteiger partial charge < -0.3 is 19.5 Å². The van der Waals surface area contributed by atoms with E-state index in [0.717, 1.165) is 16.2 Å². The number of amides is 1. The molecule has 1 aliphatic heterocycles. The minimum Gasteiger partial charge on any atom is -0.479 e. The number of aromatic carboxylic acids is 1. The van der Waals surface area contributed by atoms with Crippen LogP contribution in [-0.4, -0.2) is 54.3 Å². The smallest absolute Gasteiger partial charge is 0.349 e. The van der Waals surface area contributed by atoms with Crippen LogP contribution in [0.3, 0.4) is 0 Å². The van der Waals surface area contributed by atoms with Crippen molar-refractivity contribution in [2.75, 3.05) is 26.3 Å². The van der Waals surface area contributed by atoms with Gasteiger partial charge in [0.05, 0.1) is 13.2 Å². The molecule has 0 spiro atoms. The van der Waals surface area contributed by atoms with Gasteiger partial charge in [0.2, 0.25) is 0 Å². The van der Waals surface area contributed by atoms with Crippen LogP contribution in [0.25, 0.3) is 0 Å². The van der Waals surface area contributed by atoms with Gasteiger partial charge in [0.25, 0.3) is 5.91 Å². The van der Waals surface area contributed by atoms with Crippen molar-refractivity contribution in [3.05, 3.63) is 15.8 Å². The van der Waals surface area contributed by atoms with Crippen LogP contribution in [0.2, 0.25) is 0 Å². The van der Waals surface area contributed by atoms with Crippen molar-refractivity contribution in [1.29, 1.82) is 0 Å². The maximum Gasteiger partial charge on any atom is 0.349 e. The predicted molar refractivity (Wildman–Crippen MR) is 73.5 cm³/mol. The first kappa shape index (κ1) is 14.8. The van der Waals surface area contributed by atoms with Gasteiger partial charge in [0.15, 0.2) is 11.0 Å². The molecule has 0 aromatic carbocycles. The van der Waals surface area contributed by atoms with Crippen molar-refractivity contribution in [2.45, 2.75) is 20.0 Å². The number of nitrogens with zero attached hydrogens (tertiary/aromatic N) is 1. The van der Waals surface area contributed by atoms with E-state index in [1.165, 1.54) is 0 Å². The third-order valence-electron chi connectivity index (χ3n) is 2.99. The highest BCUT2D eigenvalue weighted by atomic mass is 32.1. The van der Waals surface area contributed by atoms with Crippen LogP contribution in [-0.2, 0) is 9.53 Å². The summed E-state index contributed by atoms with van der Waals surface area (Å²) in [5.74, 6) is -0.924. The summed E-state index contributed by atoms with van der Waals surface area (Å²) >= 11 is 1.14. The lowest BCUT2D eigenvalue weighted by molar-refractivity contribution is -0.142. The minimum absolute atomic E-state index is 0.129. The Morgan fingerprint density at radius 2 is 2.10 bits per heavy atom. The van der Waals surface area contributed by atoms with Crippen LogP contribution in [0.1, 0.15) is 21.5 Å². The molecule has 0 saturated carbocycles. The Bertz CT molecular complexity index is 507. The summed E-state index contributed by atoms with van der Waals surface area (Å²) in [5.41, 5.74) is 0. The molecular weight excluding hydrogens is 282 g/mol. The molecule has 7 heteroatoms. The average molecular weight is 299 g/mol. The van der Waals surface area contributed by atoms with Crippen molar-refractivity contribution in [3.63, 3.8) is 0 Å². The van der Waals surface area contributed by atoms with E-state index in [2.05, 4.69) is 0 Å². The normalized spacial score (nSPS) is 16.8. The number of carbonyl (C=O) groups is 2. The van der Waals surface area contributed by atoms with Crippen LogP contribution < -0.4 is 4.74 Å². The first-order valence-corrected chi connectivity index (χ1v) is 7.17. The number of morpholine rings is 1. The van der Waals surface area contributed by atoms with Crippen molar-refractivity contribution in [2.24, 2.45) is 0 Å². The zero-order chi connectivity index (χ0) is 14.7. The Balaban J connectivity index is 2.05. The van der Waals surface area contributed by atoms with Gasteiger partial charge in [-0.2, -0.15) is 0 Å². The quantitative estimate of drug-likeness (QED) is 0.909. The molecule has 1 unspecified atom stereocenters. The van der Waals surface area contributed by atoms with E-state index in [0.29, 0.717) is 26.3 Å². The summed E-state index contributed by atoms with van der Waals surface area (Å²) in [5, 5.41) is 9.10. The molecule has 0 radical (unpaired) electrons. The molecule has 1 atom stereocenters. The zero-order valence-electron chi connectivity index (χ0n) is 11.4. The first-order chi connectivity index (χ1) is 9.49. The summed E-state index contributed by atoms with van der Waals surface area (Å²) in [6.07, 6.45) is -0.708. The van der Waals surface area contributed by atoms with E-state index < -0.39 is 12.1 Å². The molecule has 0 aliphatic carbocycles. The van der Waals surface area contributed by atoms with Gasteiger partial charge in [0.1, 0.15) is 5.75 Å². The summed E-state index contributed by atoms with van der Waals surface area (Å²) in [4.78, 5) is 25.9. The summed E-state index contributed by atoms with van der Waals surface area (Å²) in [6, 6.07) is 1.65. The number of carboxylic acids is 1. The highest BCUT2D eigenvalue weighted by Gasteiger charge is 2.26. The number of aryl methyl sites for hydroxylation is 1. The third-order valence-corrected chi connectivity index (χ3v) is 4.01. The Morgan fingerprint density at radius 3 is 2.70 bits per heavy atom. The first-order valence-electron chi connectivity index (χ1n) is 6.36. The highest BCUT2D eigenvalue weighted by Crippen LogP contribution is 2.29. The zero-order valence-corrected chi connectivity index (χ0v) is 12.2. The summed E-state index contributed by atoms with van der Waals surface area (Å²) < 4.78 is 10.7. The molecule has 20 heavy (non-hydrogen) atoms. The molecule has 6 nitrogen and oxygen atoms in total. The van der Waals surface area contributed by atoms with Crippen LogP contribution >= 0.6 is 11.3 Å². The van der Waals surface area contributed by atoms with Crippen LogP contribution in [0.15, 0.2) is 6.07 Å². The Morgan fingerprint density at radius 1 is 1.45 bits per heavy atom. The van der Waals surface area contributed by atoms with E-state index in [1.807, 2.05) is 0 Å². The molecular formula is C13H17NO5S. The van der Waals surface area contributed by atoms with E-state index in [4.69, 9.17) is 14.6 Å². The molecule has 1 saturated heterocycles. The number of thiophene rings is 1. The van der Waals surface area contributed by atoms with Crippen molar-refractivity contribution in [3.8, 4) is 5.75 Å². The lowest BCUT2D eigenvalue weighted by Gasteiger charge is -2.29. The van der Waals surface area contributed by atoms with Crippen LogP contribution in [0.4, 0.5) is 0 Å². The fraction of sp³-hybridized carbons (Fsp3) is 0.538. The van der Waals surface area contributed by atoms with Gasteiger partial charge in [-0.25, -0.2) is 4.79 Å². The predicted octanol–water partition coefficient (Wildman–Crippen LogP) is 1.38. The van der Waals surface area contributed by atoms with Crippen molar-refractivity contribution < 1.29 is 24.2 Å². The molecule has 1 N–H and O–H groups in total. The number of ether oxygens (including phenoxy) is 2. The lowest BCUT2D eigenvalue weighted by Crippen LogP contribution is -2.46. The largest absolute Gasteiger partial charge is 0.479 e. The molecule has 1 aromatic rings. The maximum absolute atomic E-state index is 12.2. The van der Waals surface area contributed by atoms with E-state index in [9.17, 15) is 9.59 Å². The van der Waals surface area contributed by atoms with E-state index in [1.54, 1.807) is 24.8 Å². The number of hydrogen-bond donors (Lipinski definition) is 1. The lowest BCUT2D eigenvalue weighted by atomic mass is 10.3. The topological polar surface area (TPSA) is 76.1 Å². The molecule has 2 rings (SSSR count). The number of hydrogen-bond acceptors (Lipinski definition) is 5. The van der Waals surface area contributed by atoms with Gasteiger partial charge in [-0.3, -0.25) is 4.79 Å². The second-order valence-electron chi connectivity index (χ2n) is 4.55. The number of carboxylic acid groups (broad SMARTS) is 1. The average Bonchev–Trinajstić information content (AvgIpc) is 2.80. The minimum atomic E-state index is -1.04. The fourth-order valence-corrected chi connectivity index (χ4v) is 2.79. The molecule has 1 aliphatic rings. The number of carbonyl (C=O) groups excluding carboxylic acids is 1. The highest BCUT2D eigenvalue weighted by molar-refractivity contribution is 7.14.